The molecule has 0 aromatic carbocycles. The van der Waals surface area contributed by atoms with Gasteiger partial charge in [0.1, 0.15) is 12.6 Å². The number of carboxylic acid groups (broad SMARTS) is 1. The van der Waals surface area contributed by atoms with Gasteiger partial charge < -0.3 is 15.2 Å². The van der Waals surface area contributed by atoms with E-state index in [0.29, 0.717) is 19.3 Å². The monoisotopic (exact) mass is 573 g/mol. The van der Waals surface area contributed by atoms with Gasteiger partial charge in [0.05, 0.1) is 0 Å². The number of nitrogens with one attached hydrogen (secondary N) is 1. The molecule has 234 valence electrons. The third-order valence-electron chi connectivity index (χ3n) is 6.75. The van der Waals surface area contributed by atoms with Crippen molar-refractivity contribution in [3.05, 3.63) is 48.6 Å². The van der Waals surface area contributed by atoms with Gasteiger partial charge in [-0.25, -0.2) is 0 Å². The highest BCUT2D eigenvalue weighted by atomic mass is 16.5. The molecule has 0 saturated carbocycles. The Bertz CT molecular complexity index is 769. The Kier molecular flexibility index (Phi) is 28.4. The molecule has 0 rings (SSSR count). The number of hydrogen-bond donors (Lipinski definition) is 2. The number of rotatable bonds is 28. The Hall–Kier alpha value is -2.63. The second kappa shape index (κ2) is 30.3. The van der Waals surface area contributed by atoms with Crippen molar-refractivity contribution in [1.29, 1.82) is 0 Å². The zero-order chi connectivity index (χ0) is 30.2. The molecule has 1 unspecified atom stereocenters. The number of amides is 1. The van der Waals surface area contributed by atoms with Gasteiger partial charge in [-0.2, -0.15) is 0 Å². The minimum atomic E-state index is -1.04. The fourth-order valence-electron chi connectivity index (χ4n) is 4.36. The number of esters is 1. The molecule has 0 aromatic heterocycles. The molecule has 0 bridgehead atoms. The summed E-state index contributed by atoms with van der Waals surface area (Å²) in [5, 5.41) is 11.0. The highest BCUT2D eigenvalue weighted by Gasteiger charge is 2.12. The van der Waals surface area contributed by atoms with E-state index in [-0.39, 0.29) is 24.5 Å². The number of carboxylic acids is 1. The van der Waals surface area contributed by atoms with Crippen molar-refractivity contribution in [1.82, 2.24) is 5.32 Å². The topological polar surface area (TPSA) is 92.7 Å². The Morgan fingerprint density at radius 1 is 0.659 bits per heavy atom. The molecule has 0 aliphatic rings. The fraction of sp³-hybridized carbons (Fsp3) is 0.686. The van der Waals surface area contributed by atoms with Crippen molar-refractivity contribution in [3.8, 4) is 0 Å². The van der Waals surface area contributed by atoms with Crippen molar-refractivity contribution in [3.63, 3.8) is 0 Å². The second-order valence-corrected chi connectivity index (χ2v) is 10.7. The number of aliphatic carboxylic acids is 1. The number of ether oxygens (including phenoxy) is 1. The Labute approximate surface area is 250 Å². The van der Waals surface area contributed by atoms with Gasteiger partial charge in [0, 0.05) is 12.8 Å². The molecular weight excluding hydrogens is 514 g/mol. The van der Waals surface area contributed by atoms with E-state index in [1.807, 2.05) is 6.08 Å². The summed E-state index contributed by atoms with van der Waals surface area (Å²) in [6.07, 6.45) is 36.6. The van der Waals surface area contributed by atoms with Crippen molar-refractivity contribution < 1.29 is 24.2 Å². The van der Waals surface area contributed by atoms with E-state index in [1.165, 1.54) is 51.4 Å². The minimum Gasteiger partial charge on any atom is -0.480 e. The predicted octanol–water partition coefficient (Wildman–Crippen LogP) is 9.17. The van der Waals surface area contributed by atoms with Gasteiger partial charge >= 0.3 is 11.9 Å². The van der Waals surface area contributed by atoms with Crippen LogP contribution >= 0.6 is 0 Å². The zero-order valence-corrected chi connectivity index (χ0v) is 26.1. The normalized spacial score (nSPS) is 12.6. The maximum absolute atomic E-state index is 12.5. The standard InChI is InChI=1S/C35H59NO5/c1-3-5-7-9-11-13-15-16-18-20-23-27-32(28-24-22-25-29-33(37)36-31-34(38)39)41-35(40)30-26-21-19-17-14-12-10-8-6-4-2/h5,7,11,13,16,18,23,27,32H,3-4,6,8-10,12,14-15,17,19-22,24-26,28-31H2,1-2H3,(H,36,37)(H,38,39)/b7-5-,13-11-,18-16-,27-23-. The van der Waals surface area contributed by atoms with E-state index in [0.717, 1.165) is 57.8 Å². The summed E-state index contributed by atoms with van der Waals surface area (Å²) < 4.78 is 5.81. The SMILES string of the molecule is CC/C=C\C/C=C\C/C=C\C/C=C\C(CCCCCC(=O)NCC(=O)O)OC(=O)CCCCCCCCCCCC. The third-order valence-corrected chi connectivity index (χ3v) is 6.75. The van der Waals surface area contributed by atoms with Crippen LogP contribution in [0.4, 0.5) is 0 Å². The van der Waals surface area contributed by atoms with Gasteiger partial charge in [0.15, 0.2) is 0 Å². The average molecular weight is 574 g/mol. The molecule has 0 aliphatic heterocycles. The van der Waals surface area contributed by atoms with E-state index in [4.69, 9.17) is 9.84 Å². The zero-order valence-electron chi connectivity index (χ0n) is 26.1. The molecule has 0 spiro atoms. The quantitative estimate of drug-likeness (QED) is 0.0553. The molecule has 6 nitrogen and oxygen atoms in total. The largest absolute Gasteiger partial charge is 0.480 e. The van der Waals surface area contributed by atoms with Crippen LogP contribution in [0.15, 0.2) is 48.6 Å². The third kappa shape index (κ3) is 30.2. The lowest BCUT2D eigenvalue weighted by Gasteiger charge is -2.14. The van der Waals surface area contributed by atoms with Crippen molar-refractivity contribution in [2.75, 3.05) is 6.54 Å². The molecule has 6 heteroatoms. The summed E-state index contributed by atoms with van der Waals surface area (Å²) in [6.45, 7) is 4.03. The van der Waals surface area contributed by atoms with Crippen molar-refractivity contribution in [2.45, 2.75) is 148 Å². The lowest BCUT2D eigenvalue weighted by atomic mass is 10.1. The van der Waals surface area contributed by atoms with Gasteiger partial charge in [-0.15, -0.1) is 0 Å². The van der Waals surface area contributed by atoms with E-state index in [1.54, 1.807) is 0 Å². The van der Waals surface area contributed by atoms with Gasteiger partial charge in [0.2, 0.25) is 5.91 Å². The van der Waals surface area contributed by atoms with Gasteiger partial charge in [-0.1, -0.05) is 121 Å². The van der Waals surface area contributed by atoms with Crippen LogP contribution in [-0.2, 0) is 19.1 Å². The highest BCUT2D eigenvalue weighted by Crippen LogP contribution is 2.14. The van der Waals surface area contributed by atoms with Crippen LogP contribution in [0.3, 0.4) is 0 Å². The van der Waals surface area contributed by atoms with Gasteiger partial charge in [-0.05, 0) is 57.4 Å². The van der Waals surface area contributed by atoms with E-state index >= 15 is 0 Å². The fourth-order valence-corrected chi connectivity index (χ4v) is 4.36. The van der Waals surface area contributed by atoms with Crippen LogP contribution in [0, 0.1) is 0 Å². The molecule has 1 amide bonds. The predicted molar refractivity (Wildman–Crippen MR) is 171 cm³/mol. The lowest BCUT2D eigenvalue weighted by Crippen LogP contribution is -2.28. The molecule has 0 aromatic rings. The minimum absolute atomic E-state index is 0.134. The first-order valence-electron chi connectivity index (χ1n) is 16.3. The summed E-state index contributed by atoms with van der Waals surface area (Å²) >= 11 is 0. The second-order valence-electron chi connectivity index (χ2n) is 10.7. The molecule has 0 fully saturated rings. The highest BCUT2D eigenvalue weighted by molar-refractivity contribution is 5.80. The van der Waals surface area contributed by atoms with Crippen LogP contribution in [0.25, 0.3) is 0 Å². The van der Waals surface area contributed by atoms with Crippen LogP contribution in [0.2, 0.25) is 0 Å². The number of carbonyl (C=O) groups is 3. The number of carbonyl (C=O) groups excluding carboxylic acids is 2. The first-order chi connectivity index (χ1) is 20.0. The van der Waals surface area contributed by atoms with Crippen LogP contribution in [-0.4, -0.2) is 35.6 Å². The Morgan fingerprint density at radius 3 is 1.76 bits per heavy atom. The number of allylic oxidation sites excluding steroid dienone is 7. The molecule has 0 heterocycles. The number of hydrogen-bond acceptors (Lipinski definition) is 4. The summed E-state index contributed by atoms with van der Waals surface area (Å²) in [6, 6.07) is 0. The molecule has 0 radical (unpaired) electrons. The summed E-state index contributed by atoms with van der Waals surface area (Å²) in [5.74, 6) is -1.42. The molecule has 1 atom stereocenters. The average Bonchev–Trinajstić information content (AvgIpc) is 2.95. The molecule has 2 N–H and O–H groups in total. The number of unbranched alkanes of at least 4 members (excludes halogenated alkanes) is 11. The Balaban J connectivity index is 4.40. The van der Waals surface area contributed by atoms with Gasteiger partial charge in [-0.3, -0.25) is 14.4 Å². The van der Waals surface area contributed by atoms with E-state index in [2.05, 4.69) is 61.7 Å². The maximum atomic E-state index is 12.5. The van der Waals surface area contributed by atoms with Crippen molar-refractivity contribution >= 4 is 17.8 Å². The molecule has 41 heavy (non-hydrogen) atoms. The van der Waals surface area contributed by atoms with Crippen LogP contribution in [0.5, 0.6) is 0 Å². The molecule has 0 aliphatic carbocycles. The first-order valence-corrected chi connectivity index (χ1v) is 16.3. The summed E-state index contributed by atoms with van der Waals surface area (Å²) in [7, 11) is 0. The Morgan fingerprint density at radius 2 is 1.17 bits per heavy atom. The maximum Gasteiger partial charge on any atom is 0.322 e. The van der Waals surface area contributed by atoms with E-state index < -0.39 is 5.97 Å². The van der Waals surface area contributed by atoms with Crippen LogP contribution in [0.1, 0.15) is 142 Å². The summed E-state index contributed by atoms with van der Waals surface area (Å²) in [5.41, 5.74) is 0. The van der Waals surface area contributed by atoms with Crippen LogP contribution < -0.4 is 5.32 Å². The molecular formula is C35H59NO5. The first kappa shape index (κ1) is 38.4. The summed E-state index contributed by atoms with van der Waals surface area (Å²) in [4.78, 5) is 34.8. The lowest BCUT2D eigenvalue weighted by molar-refractivity contribution is -0.147. The smallest absolute Gasteiger partial charge is 0.322 e. The van der Waals surface area contributed by atoms with Gasteiger partial charge in [0.25, 0.3) is 0 Å². The van der Waals surface area contributed by atoms with Crippen molar-refractivity contribution in [2.24, 2.45) is 0 Å². The van der Waals surface area contributed by atoms with E-state index in [9.17, 15) is 14.4 Å². The molecule has 0 saturated heterocycles.